The minimum absolute atomic E-state index is 0.0185. The van der Waals surface area contributed by atoms with Crippen LogP contribution in [0.3, 0.4) is 0 Å². The molecule has 0 spiro atoms. The van der Waals surface area contributed by atoms with E-state index < -0.39 is 0 Å². The SMILES string of the molecule is CCCNC(=O)CN(C)Cc1c(N)cccc1Cl. The number of carbonyl (C=O) groups excluding carboxylic acids is 1. The Hall–Kier alpha value is -1.26. The number of nitrogens with two attached hydrogens (primary N) is 1. The molecule has 0 bridgehead atoms. The maximum absolute atomic E-state index is 11.6. The molecule has 0 unspecified atom stereocenters. The number of nitrogens with one attached hydrogen (secondary N) is 1. The molecular formula is C13H20ClN3O. The van der Waals surface area contributed by atoms with Gasteiger partial charge in [-0.25, -0.2) is 0 Å². The van der Waals surface area contributed by atoms with Crippen LogP contribution in [0, 0.1) is 0 Å². The number of hydrogen-bond donors (Lipinski definition) is 2. The number of halogens is 1. The monoisotopic (exact) mass is 269 g/mol. The molecule has 1 aromatic rings. The Morgan fingerprint density at radius 1 is 1.50 bits per heavy atom. The Bertz CT molecular complexity index is 389. The lowest BCUT2D eigenvalue weighted by Crippen LogP contribution is -2.35. The summed E-state index contributed by atoms with van der Waals surface area (Å²) in [7, 11) is 1.87. The molecule has 1 rings (SSSR count). The zero-order valence-electron chi connectivity index (χ0n) is 10.9. The van der Waals surface area contributed by atoms with Gasteiger partial charge in [0.05, 0.1) is 6.54 Å². The van der Waals surface area contributed by atoms with Crippen molar-refractivity contribution in [3.8, 4) is 0 Å². The van der Waals surface area contributed by atoms with Crippen LogP contribution in [0.15, 0.2) is 18.2 Å². The first-order valence-electron chi connectivity index (χ1n) is 6.02. The van der Waals surface area contributed by atoms with E-state index in [1.54, 1.807) is 6.07 Å². The van der Waals surface area contributed by atoms with Gasteiger partial charge in [0.2, 0.25) is 5.91 Å². The summed E-state index contributed by atoms with van der Waals surface area (Å²) in [5, 5.41) is 3.47. The van der Waals surface area contributed by atoms with Crippen molar-refractivity contribution in [1.82, 2.24) is 10.2 Å². The molecule has 0 fully saturated rings. The Kier molecular flexibility index (Phi) is 5.95. The Morgan fingerprint density at radius 2 is 2.22 bits per heavy atom. The number of nitrogen functional groups attached to an aromatic ring is 1. The summed E-state index contributed by atoms with van der Waals surface area (Å²) in [6.07, 6.45) is 0.937. The van der Waals surface area contributed by atoms with Crippen molar-refractivity contribution in [2.75, 3.05) is 25.9 Å². The van der Waals surface area contributed by atoms with Crippen molar-refractivity contribution in [3.63, 3.8) is 0 Å². The highest BCUT2D eigenvalue weighted by atomic mass is 35.5. The van der Waals surface area contributed by atoms with Crippen LogP contribution in [-0.4, -0.2) is 30.9 Å². The van der Waals surface area contributed by atoms with E-state index in [1.807, 2.05) is 31.0 Å². The molecule has 0 aliphatic rings. The lowest BCUT2D eigenvalue weighted by Gasteiger charge is -2.18. The van der Waals surface area contributed by atoms with Crippen molar-refractivity contribution in [3.05, 3.63) is 28.8 Å². The van der Waals surface area contributed by atoms with Gasteiger partial charge in [-0.05, 0) is 25.6 Å². The van der Waals surface area contributed by atoms with Gasteiger partial charge in [0, 0.05) is 29.4 Å². The minimum atomic E-state index is 0.0185. The van der Waals surface area contributed by atoms with E-state index in [-0.39, 0.29) is 5.91 Å². The van der Waals surface area contributed by atoms with Gasteiger partial charge in [-0.2, -0.15) is 0 Å². The molecule has 18 heavy (non-hydrogen) atoms. The predicted octanol–water partition coefficient (Wildman–Crippen LogP) is 1.88. The van der Waals surface area contributed by atoms with Crippen LogP contribution in [0.4, 0.5) is 5.69 Å². The number of hydrogen-bond acceptors (Lipinski definition) is 3. The molecule has 0 saturated carbocycles. The lowest BCUT2D eigenvalue weighted by molar-refractivity contribution is -0.122. The largest absolute Gasteiger partial charge is 0.398 e. The van der Waals surface area contributed by atoms with Crippen molar-refractivity contribution in [2.45, 2.75) is 19.9 Å². The number of carbonyl (C=O) groups is 1. The number of amides is 1. The second-order valence-electron chi connectivity index (χ2n) is 4.33. The van der Waals surface area contributed by atoms with Crippen LogP contribution < -0.4 is 11.1 Å². The fraction of sp³-hybridized carbons (Fsp3) is 0.462. The van der Waals surface area contributed by atoms with Crippen molar-refractivity contribution >= 4 is 23.2 Å². The highest BCUT2D eigenvalue weighted by molar-refractivity contribution is 6.31. The van der Waals surface area contributed by atoms with E-state index in [0.29, 0.717) is 30.3 Å². The molecule has 3 N–H and O–H groups in total. The third-order valence-corrected chi connectivity index (χ3v) is 2.92. The summed E-state index contributed by atoms with van der Waals surface area (Å²) in [6.45, 7) is 3.63. The molecule has 1 amide bonds. The van der Waals surface area contributed by atoms with Crippen LogP contribution in [0.5, 0.6) is 0 Å². The summed E-state index contributed by atoms with van der Waals surface area (Å²) in [4.78, 5) is 13.4. The van der Waals surface area contributed by atoms with Gasteiger partial charge in [0.15, 0.2) is 0 Å². The van der Waals surface area contributed by atoms with Crippen molar-refractivity contribution in [2.24, 2.45) is 0 Å². The normalized spacial score (nSPS) is 10.7. The molecule has 4 nitrogen and oxygen atoms in total. The zero-order chi connectivity index (χ0) is 13.5. The lowest BCUT2D eigenvalue weighted by atomic mass is 10.1. The molecule has 0 heterocycles. The van der Waals surface area contributed by atoms with Gasteiger partial charge in [0.25, 0.3) is 0 Å². The van der Waals surface area contributed by atoms with Crippen LogP contribution in [-0.2, 0) is 11.3 Å². The second kappa shape index (κ2) is 7.24. The third kappa shape index (κ3) is 4.55. The summed E-state index contributed by atoms with van der Waals surface area (Å²) < 4.78 is 0. The van der Waals surface area contributed by atoms with Gasteiger partial charge < -0.3 is 11.1 Å². The van der Waals surface area contributed by atoms with Crippen LogP contribution >= 0.6 is 11.6 Å². The highest BCUT2D eigenvalue weighted by Crippen LogP contribution is 2.22. The molecule has 0 radical (unpaired) electrons. The summed E-state index contributed by atoms with van der Waals surface area (Å²) >= 11 is 6.09. The number of anilines is 1. The van der Waals surface area contributed by atoms with E-state index in [9.17, 15) is 4.79 Å². The maximum atomic E-state index is 11.6. The van der Waals surface area contributed by atoms with E-state index >= 15 is 0 Å². The molecule has 0 aromatic heterocycles. The maximum Gasteiger partial charge on any atom is 0.234 e. The predicted molar refractivity (Wildman–Crippen MR) is 75.5 cm³/mol. The number of likely N-dealkylation sites (N-methyl/N-ethyl adjacent to an activating group) is 1. The topological polar surface area (TPSA) is 58.4 Å². The smallest absolute Gasteiger partial charge is 0.234 e. The van der Waals surface area contributed by atoms with Crippen LogP contribution in [0.25, 0.3) is 0 Å². The standard InChI is InChI=1S/C13H20ClN3O/c1-3-7-16-13(18)9-17(2)8-10-11(14)5-4-6-12(10)15/h4-6H,3,7-9,15H2,1-2H3,(H,16,18). The summed E-state index contributed by atoms with van der Waals surface area (Å²) in [5.74, 6) is 0.0185. The van der Waals surface area contributed by atoms with Gasteiger partial charge in [-0.3, -0.25) is 9.69 Å². The summed E-state index contributed by atoms with van der Waals surface area (Å²) in [6, 6.07) is 5.43. The molecule has 1 aromatic carbocycles. The fourth-order valence-corrected chi connectivity index (χ4v) is 1.88. The molecule has 100 valence electrons. The molecule has 0 atom stereocenters. The first kappa shape index (κ1) is 14.8. The quantitative estimate of drug-likeness (QED) is 0.776. The molecule has 0 aliphatic heterocycles. The summed E-state index contributed by atoms with van der Waals surface area (Å²) in [5.41, 5.74) is 7.39. The Balaban J connectivity index is 2.54. The number of nitrogens with zero attached hydrogens (tertiary/aromatic N) is 1. The van der Waals surface area contributed by atoms with Gasteiger partial charge in [-0.15, -0.1) is 0 Å². The molecular weight excluding hydrogens is 250 g/mol. The fourth-order valence-electron chi connectivity index (χ4n) is 1.63. The van der Waals surface area contributed by atoms with E-state index in [1.165, 1.54) is 0 Å². The van der Waals surface area contributed by atoms with E-state index in [0.717, 1.165) is 12.0 Å². The van der Waals surface area contributed by atoms with Crippen LogP contribution in [0.1, 0.15) is 18.9 Å². The van der Waals surface area contributed by atoms with E-state index in [4.69, 9.17) is 17.3 Å². The third-order valence-electron chi connectivity index (χ3n) is 2.57. The molecule has 0 saturated heterocycles. The van der Waals surface area contributed by atoms with E-state index in [2.05, 4.69) is 5.32 Å². The molecule has 0 aliphatic carbocycles. The minimum Gasteiger partial charge on any atom is -0.398 e. The van der Waals surface area contributed by atoms with Gasteiger partial charge in [-0.1, -0.05) is 24.6 Å². The van der Waals surface area contributed by atoms with Crippen LogP contribution in [0.2, 0.25) is 5.02 Å². The first-order valence-corrected chi connectivity index (χ1v) is 6.40. The molecule has 5 heteroatoms. The second-order valence-corrected chi connectivity index (χ2v) is 4.74. The number of rotatable bonds is 6. The van der Waals surface area contributed by atoms with Crippen molar-refractivity contribution in [1.29, 1.82) is 0 Å². The average Bonchev–Trinajstić information content (AvgIpc) is 2.31. The highest BCUT2D eigenvalue weighted by Gasteiger charge is 2.10. The number of benzene rings is 1. The van der Waals surface area contributed by atoms with Gasteiger partial charge in [0.1, 0.15) is 0 Å². The Labute approximate surface area is 113 Å². The first-order chi connectivity index (χ1) is 8.54. The average molecular weight is 270 g/mol. The van der Waals surface area contributed by atoms with Crippen molar-refractivity contribution < 1.29 is 4.79 Å². The zero-order valence-corrected chi connectivity index (χ0v) is 11.6. The van der Waals surface area contributed by atoms with Gasteiger partial charge >= 0.3 is 0 Å². The Morgan fingerprint density at radius 3 is 2.83 bits per heavy atom.